The van der Waals surface area contributed by atoms with Crippen LogP contribution in [0.15, 0.2) is 33.7 Å². The molecule has 1 N–H and O–H groups in total. The minimum Gasteiger partial charge on any atom is -0.380 e. The molecule has 1 amide bonds. The zero-order valence-corrected chi connectivity index (χ0v) is 19.6. The number of fused-ring (bicyclic) bond motifs is 4. The normalized spacial score (nSPS) is 15.9. The fraction of sp³-hybridized carbons (Fsp3) is 0.348. The number of amides is 1. The van der Waals surface area contributed by atoms with E-state index in [0.717, 1.165) is 52.6 Å². The number of hydrogen-bond donors (Lipinski definition) is 1. The van der Waals surface area contributed by atoms with Crippen LogP contribution in [0.5, 0.6) is 0 Å². The van der Waals surface area contributed by atoms with Gasteiger partial charge in [-0.05, 0) is 64.5 Å². The highest BCUT2D eigenvalue weighted by Gasteiger charge is 2.30. The summed E-state index contributed by atoms with van der Waals surface area (Å²) in [4.78, 5) is 35.5. The van der Waals surface area contributed by atoms with E-state index in [1.54, 1.807) is 24.3 Å². The van der Waals surface area contributed by atoms with E-state index in [1.165, 1.54) is 0 Å². The lowest BCUT2D eigenvalue weighted by molar-refractivity contribution is 0.0984. The molecule has 1 aliphatic heterocycles. The summed E-state index contributed by atoms with van der Waals surface area (Å²) in [5.41, 5.74) is 3.53. The molecule has 10 heteroatoms. The highest BCUT2D eigenvalue weighted by Crippen LogP contribution is 2.36. The topological polar surface area (TPSA) is 105 Å². The number of halogens is 1. The van der Waals surface area contributed by atoms with Crippen molar-refractivity contribution in [2.24, 2.45) is 0 Å². The Kier molecular flexibility index (Phi) is 4.81. The van der Waals surface area contributed by atoms with Crippen LogP contribution in [0, 0.1) is 0 Å². The monoisotopic (exact) mass is 508 g/mol. The molecule has 1 fully saturated rings. The largest absolute Gasteiger partial charge is 0.380 e. The highest BCUT2D eigenvalue weighted by atomic mass is 79.9. The predicted molar refractivity (Wildman–Crippen MR) is 126 cm³/mol. The SMILES string of the molecule is COCc1cc2c(cc1C(=O)N1CCc3cc(Br)cnc31)[nH]c(=O)c1nnc(C3CCC3)n12. The molecule has 0 saturated heterocycles. The molecule has 0 spiro atoms. The van der Waals surface area contributed by atoms with Gasteiger partial charge in [-0.2, -0.15) is 0 Å². The zero-order chi connectivity index (χ0) is 22.7. The Morgan fingerprint density at radius 2 is 2.12 bits per heavy atom. The number of aromatic amines is 1. The molecular formula is C23H21BrN6O3. The molecule has 3 aromatic heterocycles. The minimum absolute atomic E-state index is 0.165. The maximum atomic E-state index is 13.7. The van der Waals surface area contributed by atoms with Crippen LogP contribution in [0.3, 0.4) is 0 Å². The number of pyridine rings is 1. The summed E-state index contributed by atoms with van der Waals surface area (Å²) >= 11 is 3.45. The van der Waals surface area contributed by atoms with Gasteiger partial charge in [0.15, 0.2) is 0 Å². The van der Waals surface area contributed by atoms with Gasteiger partial charge in [0.1, 0.15) is 11.6 Å². The van der Waals surface area contributed by atoms with Gasteiger partial charge in [-0.1, -0.05) is 6.42 Å². The van der Waals surface area contributed by atoms with E-state index in [2.05, 4.69) is 36.1 Å². The van der Waals surface area contributed by atoms with Gasteiger partial charge in [-0.25, -0.2) is 4.98 Å². The lowest BCUT2D eigenvalue weighted by Gasteiger charge is -2.24. The van der Waals surface area contributed by atoms with Gasteiger partial charge in [0.2, 0.25) is 5.65 Å². The molecule has 1 aromatic carbocycles. The number of carbonyl (C=O) groups excluding carboxylic acids is 1. The average Bonchev–Trinajstić information content (AvgIpc) is 3.37. The number of rotatable bonds is 4. The number of nitrogens with zero attached hydrogens (tertiary/aromatic N) is 5. The van der Waals surface area contributed by atoms with E-state index in [4.69, 9.17) is 4.74 Å². The molecule has 0 atom stereocenters. The molecule has 0 unspecified atom stereocenters. The second-order valence-electron chi connectivity index (χ2n) is 8.60. The van der Waals surface area contributed by atoms with Gasteiger partial charge >= 0.3 is 0 Å². The lowest BCUT2D eigenvalue weighted by atomic mass is 9.85. The number of ether oxygens (including phenoxy) is 1. The lowest BCUT2D eigenvalue weighted by Crippen LogP contribution is -2.30. The molecule has 9 nitrogen and oxygen atoms in total. The molecule has 168 valence electrons. The van der Waals surface area contributed by atoms with Crippen molar-refractivity contribution in [2.75, 3.05) is 18.6 Å². The van der Waals surface area contributed by atoms with Crippen LogP contribution in [0.1, 0.15) is 52.5 Å². The summed E-state index contributed by atoms with van der Waals surface area (Å²) in [6, 6.07) is 5.65. The third-order valence-corrected chi connectivity index (χ3v) is 7.05. The maximum Gasteiger partial charge on any atom is 0.294 e. The standard InChI is InChI=1S/C23H21BrN6O3/c1-33-11-14-8-18-17(26-22(31)21-28-27-20(30(18)21)12-3-2-4-12)9-16(14)23(32)29-6-5-13-7-15(24)10-25-19(13)29/h7-10,12H,2-6,11H2,1H3,(H,26,31). The summed E-state index contributed by atoms with van der Waals surface area (Å²) in [6.07, 6.45) is 5.66. The Morgan fingerprint density at radius 1 is 1.27 bits per heavy atom. The van der Waals surface area contributed by atoms with Crippen molar-refractivity contribution in [3.63, 3.8) is 0 Å². The predicted octanol–water partition coefficient (Wildman–Crippen LogP) is 3.35. The fourth-order valence-electron chi connectivity index (χ4n) is 4.76. The second-order valence-corrected chi connectivity index (χ2v) is 9.52. The quantitative estimate of drug-likeness (QED) is 0.453. The molecule has 0 radical (unpaired) electrons. The number of benzene rings is 1. The van der Waals surface area contributed by atoms with Crippen molar-refractivity contribution >= 4 is 44.3 Å². The molecule has 2 aliphatic rings. The first-order chi connectivity index (χ1) is 16.0. The second kappa shape index (κ2) is 7.74. The van der Waals surface area contributed by atoms with E-state index >= 15 is 0 Å². The van der Waals surface area contributed by atoms with Gasteiger partial charge in [-0.3, -0.25) is 18.9 Å². The first-order valence-corrected chi connectivity index (χ1v) is 11.7. The number of H-pyrrole nitrogens is 1. The number of aromatic nitrogens is 5. The van der Waals surface area contributed by atoms with Crippen molar-refractivity contribution in [1.82, 2.24) is 24.6 Å². The van der Waals surface area contributed by atoms with E-state index in [1.807, 2.05) is 16.5 Å². The van der Waals surface area contributed by atoms with Crippen LogP contribution >= 0.6 is 15.9 Å². The minimum atomic E-state index is -0.323. The van der Waals surface area contributed by atoms with Crippen molar-refractivity contribution < 1.29 is 9.53 Å². The first kappa shape index (κ1) is 20.5. The van der Waals surface area contributed by atoms with Crippen LogP contribution in [0.4, 0.5) is 5.82 Å². The third kappa shape index (κ3) is 3.19. The van der Waals surface area contributed by atoms with Crippen LogP contribution in [0.25, 0.3) is 16.7 Å². The highest BCUT2D eigenvalue weighted by molar-refractivity contribution is 9.10. The van der Waals surface area contributed by atoms with Crippen molar-refractivity contribution in [1.29, 1.82) is 0 Å². The average molecular weight is 509 g/mol. The van der Waals surface area contributed by atoms with E-state index in [9.17, 15) is 9.59 Å². The number of methoxy groups -OCH3 is 1. The van der Waals surface area contributed by atoms with Crippen LogP contribution in [0.2, 0.25) is 0 Å². The van der Waals surface area contributed by atoms with Gasteiger partial charge in [0, 0.05) is 35.8 Å². The van der Waals surface area contributed by atoms with Crippen molar-refractivity contribution in [3.8, 4) is 0 Å². The van der Waals surface area contributed by atoms with E-state index in [0.29, 0.717) is 29.4 Å². The first-order valence-electron chi connectivity index (χ1n) is 10.9. The van der Waals surface area contributed by atoms with Gasteiger partial charge in [0.05, 0.1) is 17.6 Å². The summed E-state index contributed by atoms with van der Waals surface area (Å²) in [5.74, 6) is 1.60. The Labute approximate surface area is 196 Å². The smallest absolute Gasteiger partial charge is 0.294 e. The van der Waals surface area contributed by atoms with Gasteiger partial charge in [-0.15, -0.1) is 10.2 Å². The Hall–Kier alpha value is -3.11. The van der Waals surface area contributed by atoms with Crippen molar-refractivity contribution in [3.05, 3.63) is 61.7 Å². The summed E-state index contributed by atoms with van der Waals surface area (Å²) in [7, 11) is 1.60. The molecule has 4 aromatic rings. The van der Waals surface area contributed by atoms with Crippen LogP contribution < -0.4 is 10.5 Å². The zero-order valence-electron chi connectivity index (χ0n) is 18.0. The Bertz CT molecular complexity index is 1490. The summed E-state index contributed by atoms with van der Waals surface area (Å²) in [6.45, 7) is 0.807. The maximum absolute atomic E-state index is 13.7. The third-order valence-electron chi connectivity index (χ3n) is 6.62. The molecule has 1 aliphatic carbocycles. The summed E-state index contributed by atoms with van der Waals surface area (Å²) < 4.78 is 8.17. The van der Waals surface area contributed by atoms with Crippen LogP contribution in [-0.2, 0) is 17.8 Å². The molecular weight excluding hydrogens is 488 g/mol. The van der Waals surface area contributed by atoms with Gasteiger partial charge in [0.25, 0.3) is 11.5 Å². The number of hydrogen-bond acceptors (Lipinski definition) is 6. The summed E-state index contributed by atoms with van der Waals surface area (Å²) in [5, 5.41) is 8.48. The number of nitrogens with one attached hydrogen (secondary N) is 1. The molecule has 4 heterocycles. The number of carbonyl (C=O) groups is 1. The molecule has 6 rings (SSSR count). The number of anilines is 1. The molecule has 33 heavy (non-hydrogen) atoms. The van der Waals surface area contributed by atoms with Gasteiger partial charge < -0.3 is 9.72 Å². The van der Waals surface area contributed by atoms with Crippen LogP contribution in [-0.4, -0.2) is 44.1 Å². The molecule has 1 saturated carbocycles. The van der Waals surface area contributed by atoms with E-state index in [-0.39, 0.29) is 23.7 Å². The Balaban J connectivity index is 1.53. The van der Waals surface area contributed by atoms with Crippen molar-refractivity contribution in [2.45, 2.75) is 38.2 Å². The Morgan fingerprint density at radius 3 is 2.88 bits per heavy atom. The van der Waals surface area contributed by atoms with E-state index < -0.39 is 0 Å². The fourth-order valence-corrected chi connectivity index (χ4v) is 5.14. The molecule has 0 bridgehead atoms.